The summed E-state index contributed by atoms with van der Waals surface area (Å²) in [6.07, 6.45) is 6.11. The minimum atomic E-state index is -3.45. The first-order valence-electron chi connectivity index (χ1n) is 10.5. The summed E-state index contributed by atoms with van der Waals surface area (Å²) in [4.78, 5) is 16.3. The zero-order valence-corrected chi connectivity index (χ0v) is 20.7. The number of hydrogen-bond donors (Lipinski definition) is 0. The van der Waals surface area contributed by atoms with Crippen LogP contribution in [0.25, 0.3) is 33.7 Å². The summed E-state index contributed by atoms with van der Waals surface area (Å²) >= 11 is 1.50. The summed E-state index contributed by atoms with van der Waals surface area (Å²) in [5.41, 5.74) is 3.26. The Labute approximate surface area is 209 Å². The smallest absolute Gasteiger partial charge is 0.231 e. The normalized spacial score (nSPS) is 11.4. The highest BCUT2D eigenvalue weighted by molar-refractivity contribution is 7.98. The van der Waals surface area contributed by atoms with Crippen molar-refractivity contribution in [2.24, 2.45) is 0 Å². The van der Waals surface area contributed by atoms with Crippen LogP contribution in [0, 0.1) is 0 Å². The van der Waals surface area contributed by atoms with Crippen molar-refractivity contribution in [2.45, 2.75) is 10.3 Å². The van der Waals surface area contributed by atoms with Gasteiger partial charge in [0, 0.05) is 30.8 Å². The largest absolute Gasteiger partial charge is 0.248 e. The van der Waals surface area contributed by atoms with Gasteiger partial charge in [-0.2, -0.15) is 14.3 Å². The summed E-state index contributed by atoms with van der Waals surface area (Å²) in [5, 5.41) is 16.7. The number of nitrogens with zero attached hydrogens (tertiary/aromatic N) is 10. The molecule has 0 aliphatic carbocycles. The molecule has 6 aromatic rings. The molecular weight excluding hydrogens is 500 g/mol. The topological polar surface area (TPSA) is 147 Å². The van der Waals surface area contributed by atoms with Crippen molar-refractivity contribution in [3.63, 3.8) is 0 Å². The lowest BCUT2D eigenvalue weighted by atomic mass is 10.3. The molecule has 0 fully saturated rings. The Kier molecular flexibility index (Phi) is 6.35. The molecule has 0 saturated carbocycles. The van der Waals surface area contributed by atoms with Crippen LogP contribution in [0.5, 0.6) is 0 Å². The van der Waals surface area contributed by atoms with E-state index in [1.54, 1.807) is 16.9 Å². The molecule has 0 unspecified atom stereocenters. The standard InChI is InChI=1S/C11H9N5O2S.C11H9N5S/c1-19(17,18)11-12-7-6-10(13-11)16-9-5-3-2-4-8(9)14-15-16;1-17-11-12-7-6-10(13-11)16-9-5-3-2-4-8(9)14-15-16/h2-7H,1H3;2-7H,1H3. The first kappa shape index (κ1) is 23.4. The average Bonchev–Trinajstić information content (AvgIpc) is 3.53. The van der Waals surface area contributed by atoms with Gasteiger partial charge in [0.05, 0.1) is 11.0 Å². The Morgan fingerprint density at radius 3 is 1.81 bits per heavy atom. The fourth-order valence-corrected chi connectivity index (χ4v) is 4.12. The molecule has 0 bridgehead atoms. The van der Waals surface area contributed by atoms with Gasteiger partial charge >= 0.3 is 0 Å². The van der Waals surface area contributed by atoms with Crippen LogP contribution in [0.1, 0.15) is 0 Å². The summed E-state index contributed by atoms with van der Waals surface area (Å²) in [6.45, 7) is 0. The molecule has 4 heterocycles. The monoisotopic (exact) mass is 518 g/mol. The lowest BCUT2D eigenvalue weighted by Crippen LogP contribution is -2.08. The molecule has 180 valence electrons. The van der Waals surface area contributed by atoms with E-state index in [1.807, 2.05) is 60.9 Å². The van der Waals surface area contributed by atoms with Gasteiger partial charge < -0.3 is 0 Å². The van der Waals surface area contributed by atoms with E-state index in [1.165, 1.54) is 22.6 Å². The van der Waals surface area contributed by atoms with E-state index >= 15 is 0 Å². The highest BCUT2D eigenvalue weighted by atomic mass is 32.2. The SMILES string of the molecule is CS(=O)(=O)c1nccc(-n2nnc3ccccc32)n1.CSc1nccc(-n2nnc3ccccc32)n1. The maximum atomic E-state index is 11.4. The third-order valence-electron chi connectivity index (χ3n) is 4.89. The molecule has 0 aliphatic heterocycles. The van der Waals surface area contributed by atoms with Crippen molar-refractivity contribution < 1.29 is 8.42 Å². The van der Waals surface area contributed by atoms with Crippen LogP contribution in [0.15, 0.2) is 83.4 Å². The maximum absolute atomic E-state index is 11.4. The third-order valence-corrected chi connectivity index (χ3v) is 6.31. The minimum absolute atomic E-state index is 0.232. The van der Waals surface area contributed by atoms with Crippen molar-refractivity contribution in [1.82, 2.24) is 49.9 Å². The predicted molar refractivity (Wildman–Crippen MR) is 134 cm³/mol. The Bertz CT molecular complexity index is 1780. The van der Waals surface area contributed by atoms with Gasteiger partial charge in [0.2, 0.25) is 15.0 Å². The second kappa shape index (κ2) is 9.75. The lowest BCUT2D eigenvalue weighted by molar-refractivity contribution is 0.591. The molecule has 36 heavy (non-hydrogen) atoms. The quantitative estimate of drug-likeness (QED) is 0.250. The van der Waals surface area contributed by atoms with E-state index < -0.39 is 9.84 Å². The van der Waals surface area contributed by atoms with E-state index in [4.69, 9.17) is 0 Å². The first-order chi connectivity index (χ1) is 17.4. The van der Waals surface area contributed by atoms with E-state index in [0.29, 0.717) is 11.3 Å². The second-order valence-electron chi connectivity index (χ2n) is 7.35. The molecular formula is C22H18N10O2S2. The Balaban J connectivity index is 0.000000149. The first-order valence-corrected chi connectivity index (χ1v) is 13.6. The lowest BCUT2D eigenvalue weighted by Gasteiger charge is -2.02. The van der Waals surface area contributed by atoms with Crippen molar-refractivity contribution in [3.05, 3.63) is 73.1 Å². The number of rotatable bonds is 4. The zero-order valence-electron chi connectivity index (χ0n) is 19.0. The van der Waals surface area contributed by atoms with Gasteiger partial charge in [0.25, 0.3) is 0 Å². The highest BCUT2D eigenvalue weighted by Crippen LogP contribution is 2.16. The van der Waals surface area contributed by atoms with Gasteiger partial charge in [0.1, 0.15) is 11.0 Å². The molecule has 12 nitrogen and oxygen atoms in total. The van der Waals surface area contributed by atoms with E-state index in [-0.39, 0.29) is 5.16 Å². The fourth-order valence-electron chi connectivity index (χ4n) is 3.25. The molecule has 0 radical (unpaired) electrons. The number of hydrogen-bond acceptors (Lipinski definition) is 11. The molecule has 0 aliphatic rings. The van der Waals surface area contributed by atoms with Crippen LogP contribution in [0.2, 0.25) is 0 Å². The molecule has 14 heteroatoms. The molecule has 0 N–H and O–H groups in total. The maximum Gasteiger partial charge on any atom is 0.248 e. The van der Waals surface area contributed by atoms with Crippen LogP contribution in [0.4, 0.5) is 0 Å². The van der Waals surface area contributed by atoms with Gasteiger partial charge in [-0.05, 0) is 30.5 Å². The Morgan fingerprint density at radius 1 is 0.722 bits per heavy atom. The molecule has 0 spiro atoms. The summed E-state index contributed by atoms with van der Waals surface area (Å²) in [5.74, 6) is 1.10. The van der Waals surface area contributed by atoms with Gasteiger partial charge in [0.15, 0.2) is 16.8 Å². The molecule has 0 atom stereocenters. The van der Waals surface area contributed by atoms with Crippen molar-refractivity contribution in [3.8, 4) is 11.6 Å². The number of aromatic nitrogens is 10. The minimum Gasteiger partial charge on any atom is -0.231 e. The number of sulfone groups is 1. The second-order valence-corrected chi connectivity index (χ2v) is 10.0. The summed E-state index contributed by atoms with van der Waals surface area (Å²) in [6, 6.07) is 18.5. The summed E-state index contributed by atoms with van der Waals surface area (Å²) < 4.78 is 26.1. The molecule has 0 amide bonds. The van der Waals surface area contributed by atoms with Crippen LogP contribution in [0.3, 0.4) is 0 Å². The number of thioether (sulfide) groups is 1. The number of para-hydroxylation sites is 2. The van der Waals surface area contributed by atoms with E-state index in [9.17, 15) is 8.42 Å². The molecule has 0 saturated heterocycles. The number of fused-ring (bicyclic) bond motifs is 2. The van der Waals surface area contributed by atoms with Crippen LogP contribution in [-0.4, -0.2) is 70.9 Å². The van der Waals surface area contributed by atoms with Crippen molar-refractivity contribution in [1.29, 1.82) is 0 Å². The van der Waals surface area contributed by atoms with Crippen LogP contribution >= 0.6 is 11.8 Å². The third kappa shape index (κ3) is 4.76. The molecule has 4 aromatic heterocycles. The average molecular weight is 519 g/mol. The van der Waals surface area contributed by atoms with Crippen molar-refractivity contribution >= 4 is 43.7 Å². The predicted octanol–water partition coefficient (Wildman–Crippen LogP) is 2.55. The number of benzene rings is 2. The van der Waals surface area contributed by atoms with Crippen LogP contribution < -0.4 is 0 Å². The van der Waals surface area contributed by atoms with Gasteiger partial charge in [-0.1, -0.05) is 46.5 Å². The van der Waals surface area contributed by atoms with Crippen molar-refractivity contribution in [2.75, 3.05) is 12.5 Å². The van der Waals surface area contributed by atoms with Gasteiger partial charge in [-0.15, -0.1) is 10.2 Å². The van der Waals surface area contributed by atoms with Gasteiger partial charge in [-0.3, -0.25) is 0 Å². The molecule has 2 aromatic carbocycles. The van der Waals surface area contributed by atoms with Crippen LogP contribution in [-0.2, 0) is 9.84 Å². The zero-order chi connectivity index (χ0) is 25.1. The van der Waals surface area contributed by atoms with E-state index in [2.05, 4.69) is 40.6 Å². The fraction of sp³-hybridized carbons (Fsp3) is 0.0909. The van der Waals surface area contributed by atoms with Gasteiger partial charge in [-0.25, -0.2) is 23.4 Å². The Morgan fingerprint density at radius 2 is 1.25 bits per heavy atom. The highest BCUT2D eigenvalue weighted by Gasteiger charge is 2.14. The van der Waals surface area contributed by atoms with E-state index in [0.717, 1.165) is 33.8 Å². The summed E-state index contributed by atoms with van der Waals surface area (Å²) in [7, 11) is -3.45. The molecule has 6 rings (SSSR count). The Hall–Kier alpha value is -4.30.